The maximum Gasteiger partial charge on any atom is 0.203 e. The van der Waals surface area contributed by atoms with E-state index in [1.165, 1.54) is 4.88 Å². The topological polar surface area (TPSA) is 64.1 Å². The second kappa shape index (κ2) is 13.5. The highest BCUT2D eigenvalue weighted by Crippen LogP contribution is 2.39. The van der Waals surface area contributed by atoms with Gasteiger partial charge in [-0.15, -0.1) is 35.3 Å². The maximum atomic E-state index is 5.54. The number of halogens is 1. The lowest BCUT2D eigenvalue weighted by molar-refractivity contribution is 0.322. The molecule has 0 aliphatic heterocycles. The molecule has 1 heterocycles. The van der Waals surface area contributed by atoms with E-state index in [0.29, 0.717) is 17.2 Å². The molecule has 2 N–H and O–H groups in total. The van der Waals surface area contributed by atoms with E-state index in [1.807, 2.05) is 12.1 Å². The molecular formula is C20H30IN3O3S. The van der Waals surface area contributed by atoms with Crippen LogP contribution >= 0.6 is 35.3 Å². The average molecular weight is 519 g/mol. The van der Waals surface area contributed by atoms with Crippen molar-refractivity contribution in [3.8, 4) is 17.2 Å². The zero-order valence-electron chi connectivity index (χ0n) is 16.9. The summed E-state index contributed by atoms with van der Waals surface area (Å²) in [7, 11) is 4.88. The van der Waals surface area contributed by atoms with Gasteiger partial charge in [0, 0.05) is 36.5 Å². The van der Waals surface area contributed by atoms with Crippen LogP contribution in [0.4, 0.5) is 0 Å². The van der Waals surface area contributed by atoms with Crippen molar-refractivity contribution in [2.75, 3.05) is 41.0 Å². The van der Waals surface area contributed by atoms with Gasteiger partial charge in [-0.3, -0.25) is 4.99 Å². The fraction of sp³-hybridized carbons (Fsp3) is 0.450. The third kappa shape index (κ3) is 7.05. The van der Waals surface area contributed by atoms with E-state index in [9.17, 15) is 0 Å². The van der Waals surface area contributed by atoms with Gasteiger partial charge in [0.15, 0.2) is 17.5 Å². The van der Waals surface area contributed by atoms with Gasteiger partial charge < -0.3 is 24.8 Å². The second-order valence-electron chi connectivity index (χ2n) is 5.76. The SMILES string of the molecule is CCNC(=NCCc1cccs1)NCCc1ccc(OC)c(OC)c1OC.I. The second-order valence-corrected chi connectivity index (χ2v) is 6.79. The largest absolute Gasteiger partial charge is 0.493 e. The lowest BCUT2D eigenvalue weighted by atomic mass is 10.1. The van der Waals surface area contributed by atoms with Crippen molar-refractivity contribution in [3.05, 3.63) is 40.1 Å². The number of aliphatic imine (C=N–C) groups is 1. The van der Waals surface area contributed by atoms with Gasteiger partial charge >= 0.3 is 0 Å². The Morgan fingerprint density at radius 2 is 1.79 bits per heavy atom. The van der Waals surface area contributed by atoms with Crippen LogP contribution < -0.4 is 24.8 Å². The molecule has 0 bridgehead atoms. The number of rotatable bonds is 10. The number of nitrogens with zero attached hydrogens (tertiary/aromatic N) is 1. The molecule has 156 valence electrons. The minimum Gasteiger partial charge on any atom is -0.493 e. The number of hydrogen-bond acceptors (Lipinski definition) is 5. The van der Waals surface area contributed by atoms with Gasteiger partial charge in [0.25, 0.3) is 0 Å². The van der Waals surface area contributed by atoms with Crippen LogP contribution in [0.3, 0.4) is 0 Å². The maximum absolute atomic E-state index is 5.54. The van der Waals surface area contributed by atoms with Crippen molar-refractivity contribution < 1.29 is 14.2 Å². The third-order valence-corrected chi connectivity index (χ3v) is 4.96. The normalized spacial score (nSPS) is 10.8. The Kier molecular flexibility index (Phi) is 11.7. The molecule has 28 heavy (non-hydrogen) atoms. The van der Waals surface area contributed by atoms with Crippen molar-refractivity contribution in [1.29, 1.82) is 0 Å². The van der Waals surface area contributed by atoms with E-state index in [1.54, 1.807) is 32.7 Å². The Morgan fingerprint density at radius 1 is 1.00 bits per heavy atom. The highest BCUT2D eigenvalue weighted by molar-refractivity contribution is 14.0. The van der Waals surface area contributed by atoms with Crippen LogP contribution in [0.2, 0.25) is 0 Å². The first-order valence-electron chi connectivity index (χ1n) is 9.05. The summed E-state index contributed by atoms with van der Waals surface area (Å²) in [5.41, 5.74) is 1.05. The number of nitrogens with one attached hydrogen (secondary N) is 2. The van der Waals surface area contributed by atoms with Crippen molar-refractivity contribution in [2.45, 2.75) is 19.8 Å². The quantitative estimate of drug-likeness (QED) is 0.285. The monoisotopic (exact) mass is 519 g/mol. The van der Waals surface area contributed by atoms with Crippen molar-refractivity contribution in [1.82, 2.24) is 10.6 Å². The Labute approximate surface area is 188 Å². The molecule has 8 heteroatoms. The predicted octanol–water partition coefficient (Wildman–Crippen LogP) is 3.73. The van der Waals surface area contributed by atoms with Crippen molar-refractivity contribution >= 4 is 41.3 Å². The van der Waals surface area contributed by atoms with Gasteiger partial charge in [0.2, 0.25) is 5.75 Å². The van der Waals surface area contributed by atoms with Crippen LogP contribution in [-0.2, 0) is 12.8 Å². The van der Waals surface area contributed by atoms with Crippen molar-refractivity contribution in [3.63, 3.8) is 0 Å². The molecule has 2 aromatic rings. The molecule has 0 saturated carbocycles. The molecule has 0 spiro atoms. The molecule has 2 rings (SSSR count). The van der Waals surface area contributed by atoms with Crippen LogP contribution in [0.1, 0.15) is 17.4 Å². The summed E-state index contributed by atoms with van der Waals surface area (Å²) in [6, 6.07) is 8.12. The number of hydrogen-bond donors (Lipinski definition) is 2. The van der Waals surface area contributed by atoms with Crippen molar-refractivity contribution in [2.24, 2.45) is 4.99 Å². The van der Waals surface area contributed by atoms with Gasteiger partial charge in [-0.25, -0.2) is 0 Å². The number of ether oxygens (including phenoxy) is 3. The fourth-order valence-corrected chi connectivity index (χ4v) is 3.45. The summed E-state index contributed by atoms with van der Waals surface area (Å²) in [6.07, 6.45) is 1.73. The van der Waals surface area contributed by atoms with Crippen LogP contribution in [0, 0.1) is 0 Å². The van der Waals surface area contributed by atoms with E-state index in [4.69, 9.17) is 14.2 Å². The Balaban J connectivity index is 0.00000392. The number of methoxy groups -OCH3 is 3. The van der Waals surface area contributed by atoms with Crippen LogP contribution in [0.5, 0.6) is 17.2 Å². The molecule has 0 atom stereocenters. The summed E-state index contributed by atoms with van der Waals surface area (Å²) in [4.78, 5) is 6.00. The number of guanidine groups is 1. The molecule has 0 aliphatic carbocycles. The molecular weight excluding hydrogens is 489 g/mol. The molecule has 6 nitrogen and oxygen atoms in total. The summed E-state index contributed by atoms with van der Waals surface area (Å²) in [5.74, 6) is 2.82. The fourth-order valence-electron chi connectivity index (χ4n) is 2.75. The first-order chi connectivity index (χ1) is 13.2. The van der Waals surface area contributed by atoms with E-state index in [-0.39, 0.29) is 24.0 Å². The number of benzene rings is 1. The van der Waals surface area contributed by atoms with E-state index < -0.39 is 0 Å². The van der Waals surface area contributed by atoms with E-state index in [0.717, 1.165) is 44.0 Å². The molecule has 0 saturated heterocycles. The van der Waals surface area contributed by atoms with Crippen LogP contribution in [0.25, 0.3) is 0 Å². The molecule has 0 radical (unpaired) electrons. The smallest absolute Gasteiger partial charge is 0.203 e. The molecule has 1 aromatic heterocycles. The van der Waals surface area contributed by atoms with Gasteiger partial charge in [-0.1, -0.05) is 12.1 Å². The van der Waals surface area contributed by atoms with Gasteiger partial charge in [0.1, 0.15) is 0 Å². The summed E-state index contributed by atoms with van der Waals surface area (Å²) < 4.78 is 16.3. The van der Waals surface area contributed by atoms with Gasteiger partial charge in [0.05, 0.1) is 21.3 Å². The first-order valence-corrected chi connectivity index (χ1v) is 9.93. The van der Waals surface area contributed by atoms with Crippen LogP contribution in [0.15, 0.2) is 34.6 Å². The Morgan fingerprint density at radius 3 is 2.39 bits per heavy atom. The molecule has 0 aliphatic rings. The average Bonchev–Trinajstić information content (AvgIpc) is 3.20. The predicted molar refractivity (Wildman–Crippen MR) is 127 cm³/mol. The first kappa shape index (κ1) is 24.4. The lowest BCUT2D eigenvalue weighted by Crippen LogP contribution is -2.38. The summed E-state index contributed by atoms with van der Waals surface area (Å²) >= 11 is 1.77. The summed E-state index contributed by atoms with van der Waals surface area (Å²) in [6.45, 7) is 4.38. The zero-order valence-corrected chi connectivity index (χ0v) is 20.1. The highest BCUT2D eigenvalue weighted by Gasteiger charge is 2.15. The molecule has 1 aromatic carbocycles. The van der Waals surface area contributed by atoms with E-state index >= 15 is 0 Å². The van der Waals surface area contributed by atoms with Gasteiger partial charge in [-0.2, -0.15) is 0 Å². The third-order valence-electron chi connectivity index (χ3n) is 4.02. The molecule has 0 amide bonds. The lowest BCUT2D eigenvalue weighted by Gasteiger charge is -2.16. The molecule has 0 unspecified atom stereocenters. The summed E-state index contributed by atoms with van der Waals surface area (Å²) in [5, 5.41) is 8.76. The highest BCUT2D eigenvalue weighted by atomic mass is 127. The Hall–Kier alpha value is -1.68. The zero-order chi connectivity index (χ0) is 19.5. The Bertz CT molecular complexity index is 724. The van der Waals surface area contributed by atoms with E-state index in [2.05, 4.69) is 40.1 Å². The minimum atomic E-state index is 0. The standard InChI is InChI=1S/C20H29N3O3S.HI/c1-5-21-20(23-13-11-16-7-6-14-27-16)22-12-10-15-8-9-17(24-2)19(26-4)18(15)25-3;/h6-9,14H,5,10-13H2,1-4H3,(H2,21,22,23);1H. The number of thiophene rings is 1. The van der Waals surface area contributed by atoms with Crippen LogP contribution in [-0.4, -0.2) is 46.9 Å². The van der Waals surface area contributed by atoms with Gasteiger partial charge in [-0.05, 0) is 30.9 Å². The minimum absolute atomic E-state index is 0. The molecule has 0 fully saturated rings.